The Morgan fingerprint density at radius 1 is 1.14 bits per heavy atom. The van der Waals surface area contributed by atoms with E-state index in [2.05, 4.69) is 10.3 Å². The number of carbonyl (C=O) groups is 3. The van der Waals surface area contributed by atoms with Crippen molar-refractivity contribution in [3.05, 3.63) is 64.5 Å². The highest BCUT2D eigenvalue weighted by Crippen LogP contribution is 2.25. The molecule has 2 heterocycles. The van der Waals surface area contributed by atoms with Crippen molar-refractivity contribution < 1.29 is 19.5 Å². The average Bonchev–Trinajstić information content (AvgIpc) is 3.10. The van der Waals surface area contributed by atoms with Crippen LogP contribution in [-0.4, -0.2) is 38.8 Å². The first-order valence-corrected chi connectivity index (χ1v) is 9.63. The van der Waals surface area contributed by atoms with Gasteiger partial charge in [-0.15, -0.1) is 0 Å². The maximum atomic E-state index is 13.2. The fourth-order valence-electron chi connectivity index (χ4n) is 3.61. The first-order valence-electron chi connectivity index (χ1n) is 9.63. The van der Waals surface area contributed by atoms with Crippen LogP contribution in [0.1, 0.15) is 57.8 Å². The summed E-state index contributed by atoms with van der Waals surface area (Å²) in [4.78, 5) is 43.2. The summed E-state index contributed by atoms with van der Waals surface area (Å²) in [5.74, 6) is -1.36. The van der Waals surface area contributed by atoms with Gasteiger partial charge < -0.3 is 15.3 Å². The van der Waals surface area contributed by atoms with Gasteiger partial charge >= 0.3 is 5.97 Å². The molecule has 0 fully saturated rings. The number of hydrogen-bond acceptors (Lipinski definition) is 4. The van der Waals surface area contributed by atoms with Crippen LogP contribution in [0.4, 0.5) is 0 Å². The van der Waals surface area contributed by atoms with Gasteiger partial charge in [0.05, 0.1) is 17.8 Å². The van der Waals surface area contributed by atoms with Crippen LogP contribution in [0.2, 0.25) is 0 Å². The molecule has 1 aromatic carbocycles. The molecule has 0 bridgehead atoms. The van der Waals surface area contributed by atoms with Crippen molar-refractivity contribution in [3.63, 3.8) is 0 Å². The fraction of sp³-hybridized carbons (Fsp3) is 0.364. The van der Waals surface area contributed by atoms with E-state index in [-0.39, 0.29) is 36.4 Å². The molecular formula is C22H25N3O4. The minimum absolute atomic E-state index is 0.162. The van der Waals surface area contributed by atoms with E-state index in [0.29, 0.717) is 23.2 Å². The highest BCUT2D eigenvalue weighted by molar-refractivity contribution is 5.98. The minimum Gasteiger partial charge on any atom is -0.478 e. The number of nitrogens with one attached hydrogen (secondary N) is 1. The Morgan fingerprint density at radius 3 is 2.52 bits per heavy atom. The van der Waals surface area contributed by atoms with Gasteiger partial charge in [0.25, 0.3) is 5.91 Å². The molecule has 1 aliphatic rings. The van der Waals surface area contributed by atoms with Crippen LogP contribution in [0.3, 0.4) is 0 Å². The first-order chi connectivity index (χ1) is 13.8. The van der Waals surface area contributed by atoms with Crippen molar-refractivity contribution in [1.29, 1.82) is 0 Å². The summed E-state index contributed by atoms with van der Waals surface area (Å²) in [7, 11) is 0. The summed E-state index contributed by atoms with van der Waals surface area (Å²) in [6, 6.07) is 7.99. The highest BCUT2D eigenvalue weighted by atomic mass is 16.4. The molecular weight excluding hydrogens is 370 g/mol. The maximum Gasteiger partial charge on any atom is 0.336 e. The summed E-state index contributed by atoms with van der Waals surface area (Å²) in [6.07, 6.45) is 1.93. The molecule has 0 saturated heterocycles. The van der Waals surface area contributed by atoms with Gasteiger partial charge in [0.15, 0.2) is 0 Å². The van der Waals surface area contributed by atoms with Crippen LogP contribution >= 0.6 is 0 Å². The Labute approximate surface area is 169 Å². The second kappa shape index (κ2) is 8.43. The largest absolute Gasteiger partial charge is 0.478 e. The first kappa shape index (κ1) is 20.5. The summed E-state index contributed by atoms with van der Waals surface area (Å²) in [5, 5.41) is 12.3. The normalized spacial score (nSPS) is 13.9. The third-order valence-corrected chi connectivity index (χ3v) is 5.08. The molecule has 3 rings (SSSR count). The number of nitrogens with zero attached hydrogens (tertiary/aromatic N) is 2. The molecule has 1 aromatic heterocycles. The van der Waals surface area contributed by atoms with Crippen molar-refractivity contribution >= 4 is 17.8 Å². The number of aromatic carboxylic acids is 1. The molecule has 0 saturated carbocycles. The summed E-state index contributed by atoms with van der Waals surface area (Å²) >= 11 is 0. The van der Waals surface area contributed by atoms with Crippen LogP contribution in [0.15, 0.2) is 36.5 Å². The number of carbonyl (C=O) groups excluding carboxylic acids is 2. The standard InChI is InChI=1S/C22H25N3O4/c1-13(2)10-18(24-20(26)15-7-5-4-6-14(15)3)21(27)25-11-17-16(22(28)29)8-9-23-19(17)12-25/h4-9,13,18H,10-12H2,1-3H3,(H,24,26)(H,28,29). The quantitative estimate of drug-likeness (QED) is 0.783. The smallest absolute Gasteiger partial charge is 0.336 e. The lowest BCUT2D eigenvalue weighted by atomic mass is 10.0. The molecule has 29 heavy (non-hydrogen) atoms. The third-order valence-electron chi connectivity index (χ3n) is 5.08. The molecule has 1 unspecified atom stereocenters. The number of aromatic nitrogens is 1. The van der Waals surface area contributed by atoms with Gasteiger partial charge in [-0.3, -0.25) is 14.6 Å². The van der Waals surface area contributed by atoms with Gasteiger partial charge in [0, 0.05) is 23.9 Å². The van der Waals surface area contributed by atoms with Gasteiger partial charge in [-0.1, -0.05) is 32.0 Å². The predicted octanol–water partition coefficient (Wildman–Crippen LogP) is 2.78. The fourth-order valence-corrected chi connectivity index (χ4v) is 3.61. The van der Waals surface area contributed by atoms with Gasteiger partial charge in [-0.05, 0) is 37.0 Å². The Balaban J connectivity index is 1.80. The monoisotopic (exact) mass is 395 g/mol. The number of aryl methyl sites for hydroxylation is 1. The van der Waals surface area contributed by atoms with Gasteiger partial charge in [-0.25, -0.2) is 4.79 Å². The van der Waals surface area contributed by atoms with E-state index in [1.807, 2.05) is 32.9 Å². The number of amides is 2. The minimum atomic E-state index is -1.04. The lowest BCUT2D eigenvalue weighted by Crippen LogP contribution is -2.47. The average molecular weight is 395 g/mol. The van der Waals surface area contributed by atoms with Crippen LogP contribution in [0.25, 0.3) is 0 Å². The molecule has 0 aliphatic carbocycles. The predicted molar refractivity (Wildman–Crippen MR) is 107 cm³/mol. The molecule has 2 N–H and O–H groups in total. The van der Waals surface area contributed by atoms with Gasteiger partial charge in [-0.2, -0.15) is 0 Å². The number of rotatable bonds is 6. The molecule has 1 atom stereocenters. The van der Waals surface area contributed by atoms with Crippen LogP contribution in [0, 0.1) is 12.8 Å². The zero-order valence-corrected chi connectivity index (χ0v) is 16.8. The van der Waals surface area contributed by atoms with Gasteiger partial charge in [0.2, 0.25) is 5.91 Å². The molecule has 0 spiro atoms. The maximum absolute atomic E-state index is 13.2. The summed E-state index contributed by atoms with van der Waals surface area (Å²) in [5.41, 5.74) is 2.68. The molecule has 7 heteroatoms. The van der Waals surface area contributed by atoms with Crippen molar-refractivity contribution in [1.82, 2.24) is 15.2 Å². The van der Waals surface area contributed by atoms with E-state index < -0.39 is 12.0 Å². The molecule has 1 aliphatic heterocycles. The Morgan fingerprint density at radius 2 is 1.86 bits per heavy atom. The lowest BCUT2D eigenvalue weighted by Gasteiger charge is -2.25. The SMILES string of the molecule is Cc1ccccc1C(=O)NC(CC(C)C)C(=O)N1Cc2nccc(C(=O)O)c2C1. The van der Waals surface area contributed by atoms with Crippen molar-refractivity contribution in [2.45, 2.75) is 46.3 Å². The second-order valence-corrected chi connectivity index (χ2v) is 7.75. The van der Waals surface area contributed by atoms with E-state index in [9.17, 15) is 19.5 Å². The number of carboxylic acids is 1. The summed E-state index contributed by atoms with van der Waals surface area (Å²) in [6.45, 7) is 6.25. The zero-order chi connectivity index (χ0) is 21.1. The van der Waals surface area contributed by atoms with Crippen molar-refractivity contribution in [2.75, 3.05) is 0 Å². The number of benzene rings is 1. The van der Waals surface area contributed by atoms with E-state index in [1.54, 1.807) is 17.0 Å². The molecule has 152 valence electrons. The second-order valence-electron chi connectivity index (χ2n) is 7.75. The number of carboxylic acid groups (broad SMARTS) is 1. The number of hydrogen-bond donors (Lipinski definition) is 2. The number of fused-ring (bicyclic) bond motifs is 1. The van der Waals surface area contributed by atoms with Crippen LogP contribution in [0.5, 0.6) is 0 Å². The van der Waals surface area contributed by atoms with Crippen molar-refractivity contribution in [2.24, 2.45) is 5.92 Å². The highest BCUT2D eigenvalue weighted by Gasteiger charge is 2.33. The third kappa shape index (κ3) is 4.45. The topological polar surface area (TPSA) is 99.6 Å². The van der Waals surface area contributed by atoms with Crippen molar-refractivity contribution in [3.8, 4) is 0 Å². The summed E-state index contributed by atoms with van der Waals surface area (Å²) < 4.78 is 0. The Kier molecular flexibility index (Phi) is 5.96. The van der Waals surface area contributed by atoms with E-state index in [1.165, 1.54) is 12.3 Å². The van der Waals surface area contributed by atoms with E-state index >= 15 is 0 Å². The molecule has 7 nitrogen and oxygen atoms in total. The molecule has 0 radical (unpaired) electrons. The van der Waals surface area contributed by atoms with Crippen LogP contribution in [-0.2, 0) is 17.9 Å². The Bertz CT molecular complexity index is 955. The van der Waals surface area contributed by atoms with Gasteiger partial charge in [0.1, 0.15) is 6.04 Å². The molecule has 2 aromatic rings. The Hall–Kier alpha value is -3.22. The zero-order valence-electron chi connectivity index (χ0n) is 16.8. The van der Waals surface area contributed by atoms with E-state index in [4.69, 9.17) is 0 Å². The molecule has 2 amide bonds. The van der Waals surface area contributed by atoms with Crippen LogP contribution < -0.4 is 5.32 Å². The lowest BCUT2D eigenvalue weighted by molar-refractivity contribution is -0.134. The van der Waals surface area contributed by atoms with E-state index in [0.717, 1.165) is 5.56 Å². The number of pyridine rings is 1.